The number of hydrogen-bond donors (Lipinski definition) is 1. The van der Waals surface area contributed by atoms with Gasteiger partial charge in [0.15, 0.2) is 0 Å². The van der Waals surface area contributed by atoms with E-state index < -0.39 is 12.0 Å². The zero-order valence-corrected chi connectivity index (χ0v) is 10.6. The molecular weight excluding hydrogens is 226 g/mol. The molecule has 1 aliphatic carbocycles. The van der Waals surface area contributed by atoms with E-state index in [1.807, 2.05) is 6.92 Å². The number of aliphatic carboxylic acids is 1. The van der Waals surface area contributed by atoms with Crippen molar-refractivity contribution in [3.63, 3.8) is 0 Å². The molecule has 1 aliphatic heterocycles. The largest absolute Gasteiger partial charge is 0.548 e. The zero-order valence-electron chi connectivity index (χ0n) is 10.6. The maximum absolute atomic E-state index is 11.3. The summed E-state index contributed by atoms with van der Waals surface area (Å²) in [6.07, 6.45) is 5.03. The maximum Gasteiger partial charge on any atom is 0.0698 e. The summed E-state index contributed by atoms with van der Waals surface area (Å²) < 4.78 is 0. The molecule has 0 saturated carbocycles. The predicted octanol–water partition coefficient (Wildman–Crippen LogP) is 1.51. The van der Waals surface area contributed by atoms with Gasteiger partial charge in [0.1, 0.15) is 0 Å². The molecule has 94 valence electrons. The van der Waals surface area contributed by atoms with Crippen molar-refractivity contribution in [3.05, 3.63) is 41.0 Å². The highest BCUT2D eigenvalue weighted by Gasteiger charge is 2.38. The van der Waals surface area contributed by atoms with Gasteiger partial charge in [-0.25, -0.2) is 0 Å². The summed E-state index contributed by atoms with van der Waals surface area (Å²) in [4.78, 5) is 11.3. The van der Waals surface area contributed by atoms with E-state index in [2.05, 4.69) is 36.5 Å². The summed E-state index contributed by atoms with van der Waals surface area (Å²) in [5.74, 6) is -0.703. The van der Waals surface area contributed by atoms with Gasteiger partial charge in [-0.2, -0.15) is 0 Å². The van der Waals surface area contributed by atoms with E-state index in [9.17, 15) is 9.90 Å². The molecule has 0 bridgehead atoms. The third kappa shape index (κ3) is 1.54. The summed E-state index contributed by atoms with van der Waals surface area (Å²) in [6.45, 7) is 4.09. The molecule has 3 atom stereocenters. The molecule has 0 fully saturated rings. The van der Waals surface area contributed by atoms with Crippen molar-refractivity contribution in [1.82, 2.24) is 0 Å². The zero-order chi connectivity index (χ0) is 12.9. The predicted molar refractivity (Wildman–Crippen MR) is 68.3 cm³/mol. The van der Waals surface area contributed by atoms with Crippen LogP contribution in [0.1, 0.15) is 29.0 Å². The number of carbonyl (C=O) groups is 1. The van der Waals surface area contributed by atoms with Crippen molar-refractivity contribution in [2.24, 2.45) is 5.92 Å². The van der Waals surface area contributed by atoms with Crippen molar-refractivity contribution in [2.75, 3.05) is 5.32 Å². The SMILES string of the molecule is Cc1cc(C)c2c(c1)[C@@H]1C=CC[C@H]1[C@H](C(=O)[O-])N2. The van der Waals surface area contributed by atoms with Crippen LogP contribution in [0.2, 0.25) is 0 Å². The third-order valence-corrected chi connectivity index (χ3v) is 4.06. The maximum atomic E-state index is 11.3. The number of benzene rings is 1. The Morgan fingerprint density at radius 3 is 2.89 bits per heavy atom. The van der Waals surface area contributed by atoms with E-state index in [1.54, 1.807) is 0 Å². The van der Waals surface area contributed by atoms with Gasteiger partial charge in [-0.1, -0.05) is 29.8 Å². The average molecular weight is 242 g/mol. The average Bonchev–Trinajstić information content (AvgIpc) is 2.76. The Kier molecular flexibility index (Phi) is 2.44. The molecule has 1 aromatic carbocycles. The van der Waals surface area contributed by atoms with Gasteiger partial charge in [0, 0.05) is 11.6 Å². The van der Waals surface area contributed by atoms with Crippen molar-refractivity contribution in [1.29, 1.82) is 0 Å². The topological polar surface area (TPSA) is 52.2 Å². The summed E-state index contributed by atoms with van der Waals surface area (Å²) in [7, 11) is 0. The van der Waals surface area contributed by atoms with Crippen molar-refractivity contribution >= 4 is 11.7 Å². The number of allylic oxidation sites excluding steroid dienone is 2. The number of aryl methyl sites for hydroxylation is 2. The minimum absolute atomic E-state index is 0.0868. The van der Waals surface area contributed by atoms with Crippen LogP contribution in [0.25, 0.3) is 0 Å². The van der Waals surface area contributed by atoms with Crippen LogP contribution < -0.4 is 10.4 Å². The molecule has 18 heavy (non-hydrogen) atoms. The van der Waals surface area contributed by atoms with Gasteiger partial charge < -0.3 is 15.2 Å². The quantitative estimate of drug-likeness (QED) is 0.759. The highest BCUT2D eigenvalue weighted by Crippen LogP contribution is 2.45. The molecule has 0 amide bonds. The van der Waals surface area contributed by atoms with Crippen molar-refractivity contribution in [2.45, 2.75) is 32.2 Å². The second kappa shape index (κ2) is 3.87. The standard InChI is InChI=1S/C15H17NO2/c1-8-6-9(2)13-12(7-8)10-4-3-5-11(10)14(16-13)15(17)18/h3-4,6-7,10-11,14,16H,5H2,1-2H3,(H,17,18)/p-1/t10-,11-,14-/m1/s1. The monoisotopic (exact) mass is 242 g/mol. The minimum atomic E-state index is -1.00. The fourth-order valence-electron chi connectivity index (χ4n) is 3.31. The smallest absolute Gasteiger partial charge is 0.0698 e. The Hall–Kier alpha value is -1.77. The summed E-state index contributed by atoms with van der Waals surface area (Å²) >= 11 is 0. The number of nitrogens with one attached hydrogen (secondary N) is 1. The summed E-state index contributed by atoms with van der Waals surface area (Å²) in [5, 5.41) is 14.4. The molecule has 3 nitrogen and oxygen atoms in total. The molecule has 3 rings (SSSR count). The van der Waals surface area contributed by atoms with E-state index in [1.165, 1.54) is 11.1 Å². The molecule has 2 aliphatic rings. The van der Waals surface area contributed by atoms with Crippen LogP contribution in [0.15, 0.2) is 24.3 Å². The Bertz CT molecular complexity index is 548. The van der Waals surface area contributed by atoms with Gasteiger partial charge in [-0.15, -0.1) is 0 Å². The molecular formula is C15H16NO2-. The lowest BCUT2D eigenvalue weighted by molar-refractivity contribution is -0.308. The fraction of sp³-hybridized carbons (Fsp3) is 0.400. The Morgan fingerprint density at radius 2 is 2.17 bits per heavy atom. The third-order valence-electron chi connectivity index (χ3n) is 4.06. The number of anilines is 1. The van der Waals surface area contributed by atoms with E-state index in [4.69, 9.17) is 0 Å². The highest BCUT2D eigenvalue weighted by molar-refractivity contribution is 5.80. The van der Waals surface area contributed by atoms with Crippen LogP contribution in [-0.2, 0) is 4.79 Å². The summed E-state index contributed by atoms with van der Waals surface area (Å²) in [5.41, 5.74) is 4.53. The number of fused-ring (bicyclic) bond motifs is 3. The Morgan fingerprint density at radius 1 is 1.39 bits per heavy atom. The van der Waals surface area contributed by atoms with Crippen LogP contribution in [0, 0.1) is 19.8 Å². The van der Waals surface area contributed by atoms with Crippen LogP contribution in [-0.4, -0.2) is 12.0 Å². The molecule has 0 saturated heterocycles. The van der Waals surface area contributed by atoms with Gasteiger partial charge in [0.05, 0.1) is 12.0 Å². The van der Waals surface area contributed by atoms with Crippen LogP contribution in [0.4, 0.5) is 5.69 Å². The number of hydrogen-bond acceptors (Lipinski definition) is 3. The molecule has 3 heteroatoms. The first-order chi connectivity index (χ1) is 8.58. The second-order valence-electron chi connectivity index (χ2n) is 5.34. The molecule has 1 aromatic rings. The number of carboxylic acid groups (broad SMARTS) is 1. The first-order valence-corrected chi connectivity index (χ1v) is 6.33. The fourth-order valence-corrected chi connectivity index (χ4v) is 3.31. The van der Waals surface area contributed by atoms with Crippen LogP contribution in [0.3, 0.4) is 0 Å². The van der Waals surface area contributed by atoms with E-state index >= 15 is 0 Å². The normalized spacial score (nSPS) is 28.4. The van der Waals surface area contributed by atoms with Crippen molar-refractivity contribution in [3.8, 4) is 0 Å². The Labute approximate surface area is 107 Å². The van der Waals surface area contributed by atoms with Gasteiger partial charge in [0.25, 0.3) is 0 Å². The van der Waals surface area contributed by atoms with Gasteiger partial charge in [-0.05, 0) is 37.3 Å². The first-order valence-electron chi connectivity index (χ1n) is 6.33. The van der Waals surface area contributed by atoms with Crippen LogP contribution in [0.5, 0.6) is 0 Å². The van der Waals surface area contributed by atoms with Gasteiger partial charge >= 0.3 is 0 Å². The van der Waals surface area contributed by atoms with Gasteiger partial charge in [0.2, 0.25) is 0 Å². The van der Waals surface area contributed by atoms with E-state index in [0.29, 0.717) is 0 Å². The summed E-state index contributed by atoms with van der Waals surface area (Å²) in [6, 6.07) is 3.66. The Balaban J connectivity index is 2.14. The molecule has 0 aromatic heterocycles. The second-order valence-corrected chi connectivity index (χ2v) is 5.34. The number of carboxylic acids is 1. The highest BCUT2D eigenvalue weighted by atomic mass is 16.4. The molecule has 1 N–H and O–H groups in total. The van der Waals surface area contributed by atoms with Crippen molar-refractivity contribution < 1.29 is 9.90 Å². The lowest BCUT2D eigenvalue weighted by atomic mass is 9.78. The van der Waals surface area contributed by atoms with Gasteiger partial charge in [-0.3, -0.25) is 0 Å². The van der Waals surface area contributed by atoms with E-state index in [-0.39, 0.29) is 11.8 Å². The molecule has 0 radical (unpaired) electrons. The molecule has 1 heterocycles. The first kappa shape index (κ1) is 11.3. The molecule has 0 unspecified atom stereocenters. The number of carbonyl (C=O) groups excluding carboxylic acids is 1. The lowest BCUT2D eigenvalue weighted by Crippen LogP contribution is -2.49. The van der Waals surface area contributed by atoms with Crippen LogP contribution >= 0.6 is 0 Å². The molecule has 0 spiro atoms. The number of rotatable bonds is 1. The lowest BCUT2D eigenvalue weighted by Gasteiger charge is -2.38. The van der Waals surface area contributed by atoms with E-state index in [0.717, 1.165) is 17.7 Å². The minimum Gasteiger partial charge on any atom is -0.548 e.